The van der Waals surface area contributed by atoms with E-state index < -0.39 is 10.8 Å². The van der Waals surface area contributed by atoms with Crippen LogP contribution in [0, 0.1) is 12.7 Å². The van der Waals surface area contributed by atoms with Crippen LogP contribution in [0.4, 0.5) is 10.1 Å². The van der Waals surface area contributed by atoms with E-state index in [0.29, 0.717) is 16.1 Å². The second-order valence-electron chi connectivity index (χ2n) is 4.27. The van der Waals surface area contributed by atoms with E-state index in [2.05, 4.69) is 15.9 Å². The number of hydrogen-bond acceptors (Lipinski definition) is 2. The van der Waals surface area contributed by atoms with E-state index in [1.165, 1.54) is 6.07 Å². The number of nitrogens with two attached hydrogens (primary N) is 1. The number of anilines is 1. The van der Waals surface area contributed by atoms with Crippen LogP contribution in [0.15, 0.2) is 45.8 Å². The van der Waals surface area contributed by atoms with Crippen LogP contribution in [0.3, 0.4) is 0 Å². The highest BCUT2D eigenvalue weighted by molar-refractivity contribution is 9.10. The van der Waals surface area contributed by atoms with E-state index in [9.17, 15) is 8.60 Å². The van der Waals surface area contributed by atoms with Gasteiger partial charge in [-0.3, -0.25) is 4.21 Å². The van der Waals surface area contributed by atoms with E-state index in [0.717, 1.165) is 10.0 Å². The van der Waals surface area contributed by atoms with E-state index in [-0.39, 0.29) is 11.6 Å². The molecular formula is C14H13BrFNOS. The van der Waals surface area contributed by atoms with Gasteiger partial charge in [0.2, 0.25) is 0 Å². The van der Waals surface area contributed by atoms with Gasteiger partial charge in [-0.15, -0.1) is 0 Å². The van der Waals surface area contributed by atoms with E-state index in [1.54, 1.807) is 24.3 Å². The molecular weight excluding hydrogens is 329 g/mol. The molecule has 0 radical (unpaired) electrons. The lowest BCUT2D eigenvalue weighted by molar-refractivity contribution is 0.615. The SMILES string of the molecule is Cc1ccc(S(=O)Cc2cc(Br)ccc2F)c(N)c1. The van der Waals surface area contributed by atoms with Crippen molar-refractivity contribution in [2.24, 2.45) is 0 Å². The van der Waals surface area contributed by atoms with Gasteiger partial charge in [-0.2, -0.15) is 0 Å². The van der Waals surface area contributed by atoms with Crippen LogP contribution < -0.4 is 5.73 Å². The van der Waals surface area contributed by atoms with Crippen LogP contribution in [0.5, 0.6) is 0 Å². The minimum atomic E-state index is -1.36. The second kappa shape index (κ2) is 5.84. The van der Waals surface area contributed by atoms with Crippen molar-refractivity contribution in [2.75, 3.05) is 5.73 Å². The first-order valence-electron chi connectivity index (χ1n) is 5.66. The van der Waals surface area contributed by atoms with Crippen molar-refractivity contribution in [1.29, 1.82) is 0 Å². The van der Waals surface area contributed by atoms with Crippen molar-refractivity contribution in [3.63, 3.8) is 0 Å². The molecule has 0 heterocycles. The highest BCUT2D eigenvalue weighted by atomic mass is 79.9. The summed E-state index contributed by atoms with van der Waals surface area (Å²) < 4.78 is 26.6. The average Bonchev–Trinajstić information content (AvgIpc) is 2.33. The summed E-state index contributed by atoms with van der Waals surface area (Å²) in [5, 5.41) is 0. The van der Waals surface area contributed by atoms with Crippen LogP contribution in [-0.4, -0.2) is 4.21 Å². The lowest BCUT2D eigenvalue weighted by Crippen LogP contribution is -2.02. The summed E-state index contributed by atoms with van der Waals surface area (Å²) in [5.74, 6) is -0.249. The minimum absolute atomic E-state index is 0.110. The first-order valence-corrected chi connectivity index (χ1v) is 7.77. The Balaban J connectivity index is 2.28. The lowest BCUT2D eigenvalue weighted by Gasteiger charge is -2.08. The molecule has 5 heteroatoms. The van der Waals surface area contributed by atoms with Crippen LogP contribution in [0.2, 0.25) is 0 Å². The van der Waals surface area contributed by atoms with Gasteiger partial charge in [0.15, 0.2) is 0 Å². The van der Waals surface area contributed by atoms with Gasteiger partial charge >= 0.3 is 0 Å². The Morgan fingerprint density at radius 3 is 2.68 bits per heavy atom. The van der Waals surface area contributed by atoms with Crippen molar-refractivity contribution in [3.05, 3.63) is 57.8 Å². The molecule has 2 rings (SSSR count). The van der Waals surface area contributed by atoms with Gasteiger partial charge in [-0.05, 0) is 42.8 Å². The maximum absolute atomic E-state index is 13.6. The second-order valence-corrected chi connectivity index (χ2v) is 6.60. The number of halogens is 2. The maximum atomic E-state index is 13.6. The fourth-order valence-electron chi connectivity index (χ4n) is 1.75. The van der Waals surface area contributed by atoms with Gasteiger partial charge in [-0.25, -0.2) is 4.39 Å². The zero-order valence-electron chi connectivity index (χ0n) is 10.3. The molecule has 0 aromatic heterocycles. The summed E-state index contributed by atoms with van der Waals surface area (Å²) in [7, 11) is -1.36. The Kier molecular flexibility index (Phi) is 4.37. The molecule has 1 atom stereocenters. The van der Waals surface area contributed by atoms with Crippen LogP contribution >= 0.6 is 15.9 Å². The molecule has 0 aliphatic heterocycles. The highest BCUT2D eigenvalue weighted by Crippen LogP contribution is 2.23. The van der Waals surface area contributed by atoms with Gasteiger partial charge in [0.05, 0.1) is 21.4 Å². The largest absolute Gasteiger partial charge is 0.398 e. The Morgan fingerprint density at radius 1 is 1.26 bits per heavy atom. The summed E-state index contributed by atoms with van der Waals surface area (Å²) in [4.78, 5) is 0.546. The van der Waals surface area contributed by atoms with Gasteiger partial charge in [0.1, 0.15) is 5.82 Å². The van der Waals surface area contributed by atoms with Gasteiger partial charge in [-0.1, -0.05) is 22.0 Å². The van der Waals surface area contributed by atoms with Gasteiger partial charge in [0.25, 0.3) is 0 Å². The molecule has 0 saturated carbocycles. The van der Waals surface area contributed by atoms with Crippen molar-refractivity contribution < 1.29 is 8.60 Å². The average molecular weight is 342 g/mol. The third-order valence-electron chi connectivity index (χ3n) is 2.70. The predicted molar refractivity (Wildman–Crippen MR) is 79.8 cm³/mol. The first-order chi connectivity index (χ1) is 8.97. The third-order valence-corrected chi connectivity index (χ3v) is 4.63. The summed E-state index contributed by atoms with van der Waals surface area (Å²) in [6, 6.07) is 9.96. The Morgan fingerprint density at radius 2 is 2.00 bits per heavy atom. The van der Waals surface area contributed by atoms with Crippen LogP contribution in [-0.2, 0) is 16.6 Å². The molecule has 0 fully saturated rings. The fraction of sp³-hybridized carbons (Fsp3) is 0.143. The molecule has 2 aromatic carbocycles. The number of aryl methyl sites for hydroxylation is 1. The molecule has 0 amide bonds. The molecule has 2 nitrogen and oxygen atoms in total. The topological polar surface area (TPSA) is 43.1 Å². The van der Waals surface area contributed by atoms with Crippen LogP contribution in [0.1, 0.15) is 11.1 Å². The highest BCUT2D eigenvalue weighted by Gasteiger charge is 2.12. The van der Waals surface area contributed by atoms with E-state index in [4.69, 9.17) is 5.73 Å². The zero-order valence-corrected chi connectivity index (χ0v) is 12.7. The van der Waals surface area contributed by atoms with E-state index in [1.807, 2.05) is 13.0 Å². The Labute approximate surface area is 122 Å². The molecule has 1 unspecified atom stereocenters. The van der Waals surface area contributed by atoms with Crippen molar-refractivity contribution in [2.45, 2.75) is 17.6 Å². The number of benzene rings is 2. The standard InChI is InChI=1S/C14H13BrFNOS/c1-9-2-5-14(13(17)6-9)19(18)8-10-7-11(15)3-4-12(10)16/h2-7H,8,17H2,1H3. The number of nitrogen functional groups attached to an aromatic ring is 1. The molecule has 2 aromatic rings. The normalized spacial score (nSPS) is 12.4. The third kappa shape index (κ3) is 3.42. The summed E-state index contributed by atoms with van der Waals surface area (Å²) in [6.45, 7) is 1.91. The number of hydrogen-bond donors (Lipinski definition) is 1. The predicted octanol–water partition coefficient (Wildman–Crippen LogP) is 3.79. The fourth-order valence-corrected chi connectivity index (χ4v) is 3.36. The molecule has 0 aliphatic carbocycles. The quantitative estimate of drug-likeness (QED) is 0.863. The minimum Gasteiger partial charge on any atom is -0.398 e. The summed E-state index contributed by atoms with van der Waals surface area (Å²) in [5.41, 5.74) is 7.74. The van der Waals surface area contributed by atoms with Crippen molar-refractivity contribution >= 4 is 32.4 Å². The van der Waals surface area contributed by atoms with Crippen LogP contribution in [0.25, 0.3) is 0 Å². The first kappa shape index (κ1) is 14.2. The van der Waals surface area contributed by atoms with E-state index >= 15 is 0 Å². The maximum Gasteiger partial charge on any atom is 0.127 e. The Bertz CT molecular complexity index is 645. The zero-order chi connectivity index (χ0) is 14.0. The van der Waals surface area contributed by atoms with Gasteiger partial charge in [0, 0.05) is 15.7 Å². The summed E-state index contributed by atoms with van der Waals surface area (Å²) >= 11 is 3.28. The lowest BCUT2D eigenvalue weighted by atomic mass is 10.2. The summed E-state index contributed by atoms with van der Waals surface area (Å²) in [6.07, 6.45) is 0. The van der Waals surface area contributed by atoms with Crippen molar-refractivity contribution in [1.82, 2.24) is 0 Å². The smallest absolute Gasteiger partial charge is 0.127 e. The van der Waals surface area contributed by atoms with Crippen molar-refractivity contribution in [3.8, 4) is 0 Å². The molecule has 100 valence electrons. The molecule has 19 heavy (non-hydrogen) atoms. The monoisotopic (exact) mass is 341 g/mol. The molecule has 0 spiro atoms. The number of rotatable bonds is 3. The molecule has 0 aliphatic rings. The molecule has 2 N–H and O–H groups in total. The molecule has 0 bridgehead atoms. The molecule has 0 saturated heterocycles. The Hall–Kier alpha value is -1.20. The van der Waals surface area contributed by atoms with Gasteiger partial charge < -0.3 is 5.73 Å².